The lowest BCUT2D eigenvalue weighted by molar-refractivity contribution is 0.475. The number of phenolic OH excluding ortho intramolecular Hbond substituents is 1. The van der Waals surface area contributed by atoms with Gasteiger partial charge in [0.25, 0.3) is 0 Å². The first-order chi connectivity index (χ1) is 12.0. The van der Waals surface area contributed by atoms with E-state index in [1.54, 1.807) is 6.07 Å². The molecule has 0 unspecified atom stereocenters. The molecule has 0 atom stereocenters. The van der Waals surface area contributed by atoms with Gasteiger partial charge in [-0.25, -0.2) is 0 Å². The van der Waals surface area contributed by atoms with Crippen LogP contribution in [0.4, 0.5) is 0 Å². The van der Waals surface area contributed by atoms with Crippen molar-refractivity contribution in [2.24, 2.45) is 5.73 Å². The molecule has 0 amide bonds. The fourth-order valence-electron chi connectivity index (χ4n) is 3.44. The van der Waals surface area contributed by atoms with Crippen LogP contribution in [-0.4, -0.2) is 15.5 Å². The van der Waals surface area contributed by atoms with E-state index < -0.39 is 0 Å². The average molecular weight is 329 g/mol. The molecule has 124 valence electrons. The third-order valence-electron chi connectivity index (χ3n) is 4.68. The monoisotopic (exact) mass is 329 g/mol. The van der Waals surface area contributed by atoms with Gasteiger partial charge < -0.3 is 15.4 Å². The Hall–Kier alpha value is -3.27. The number of benzene rings is 3. The summed E-state index contributed by atoms with van der Waals surface area (Å²) in [6.07, 6.45) is 0. The number of hydrogen-bond acceptors (Lipinski definition) is 2. The maximum Gasteiger partial charge on any atom is 0.122 e. The Kier molecular flexibility index (Phi) is 3.46. The summed E-state index contributed by atoms with van der Waals surface area (Å²) in [5.74, 6) is 0.336. The molecule has 0 aliphatic heterocycles. The van der Waals surface area contributed by atoms with Gasteiger partial charge in [0, 0.05) is 23.3 Å². The number of aromatic nitrogens is 1. The van der Waals surface area contributed by atoms with Gasteiger partial charge in [-0.2, -0.15) is 0 Å². The molecule has 3 aromatic carbocycles. The molecular weight excluding hydrogens is 310 g/mol. The van der Waals surface area contributed by atoms with Crippen molar-refractivity contribution in [3.05, 3.63) is 77.5 Å². The minimum absolute atomic E-state index is 0.0649. The van der Waals surface area contributed by atoms with Crippen molar-refractivity contribution in [1.82, 2.24) is 4.57 Å². The van der Waals surface area contributed by atoms with Crippen LogP contribution in [0.5, 0.6) is 5.75 Å². The van der Waals surface area contributed by atoms with Crippen molar-refractivity contribution in [2.45, 2.75) is 13.5 Å². The number of rotatable bonds is 3. The number of fused-ring (bicyclic) bond motifs is 2. The summed E-state index contributed by atoms with van der Waals surface area (Å²) in [6, 6.07) is 19.6. The summed E-state index contributed by atoms with van der Waals surface area (Å²) in [7, 11) is 0. The second-order valence-electron chi connectivity index (χ2n) is 6.39. The molecule has 1 heterocycles. The molecule has 0 bridgehead atoms. The Balaban J connectivity index is 1.90. The van der Waals surface area contributed by atoms with E-state index in [1.165, 1.54) is 0 Å². The predicted molar refractivity (Wildman–Crippen MR) is 102 cm³/mol. The number of hydrogen-bond donors (Lipinski definition) is 3. The van der Waals surface area contributed by atoms with Crippen LogP contribution in [0.2, 0.25) is 0 Å². The fraction of sp³-hybridized carbons (Fsp3) is 0.0952. The minimum Gasteiger partial charge on any atom is -0.508 e. The highest BCUT2D eigenvalue weighted by Crippen LogP contribution is 2.28. The Morgan fingerprint density at radius 1 is 1.04 bits per heavy atom. The number of aromatic hydroxyl groups is 1. The zero-order valence-corrected chi connectivity index (χ0v) is 14.0. The number of nitrogens with one attached hydrogen (secondary N) is 1. The Labute approximate surface area is 145 Å². The number of nitrogens with zero attached hydrogens (tertiary/aromatic N) is 1. The number of phenols is 1. The van der Waals surface area contributed by atoms with Crippen molar-refractivity contribution in [3.63, 3.8) is 0 Å². The van der Waals surface area contributed by atoms with E-state index in [0.717, 1.165) is 32.9 Å². The zero-order valence-electron chi connectivity index (χ0n) is 14.0. The highest BCUT2D eigenvalue weighted by Gasteiger charge is 2.11. The average Bonchev–Trinajstić information content (AvgIpc) is 2.89. The largest absolute Gasteiger partial charge is 0.508 e. The fourth-order valence-corrected chi connectivity index (χ4v) is 3.44. The van der Waals surface area contributed by atoms with Crippen LogP contribution in [0, 0.1) is 12.3 Å². The van der Waals surface area contributed by atoms with Crippen molar-refractivity contribution in [1.29, 1.82) is 5.41 Å². The van der Waals surface area contributed by atoms with E-state index in [2.05, 4.69) is 23.6 Å². The summed E-state index contributed by atoms with van der Waals surface area (Å²) in [5, 5.41) is 21.0. The Morgan fingerprint density at radius 3 is 2.64 bits per heavy atom. The molecule has 0 saturated carbocycles. The lowest BCUT2D eigenvalue weighted by Crippen LogP contribution is -2.11. The normalized spacial score (nSPS) is 11.2. The maximum absolute atomic E-state index is 10.1. The molecule has 0 saturated heterocycles. The molecule has 4 nitrogen and oxygen atoms in total. The van der Waals surface area contributed by atoms with Gasteiger partial charge in [-0.3, -0.25) is 5.41 Å². The molecule has 4 N–H and O–H groups in total. The molecule has 4 heteroatoms. The molecule has 0 aliphatic carbocycles. The van der Waals surface area contributed by atoms with Gasteiger partial charge in [-0.15, -0.1) is 0 Å². The van der Waals surface area contributed by atoms with Crippen LogP contribution >= 0.6 is 0 Å². The lowest BCUT2D eigenvalue weighted by atomic mass is 10.0. The van der Waals surface area contributed by atoms with Gasteiger partial charge in [0.15, 0.2) is 0 Å². The van der Waals surface area contributed by atoms with E-state index >= 15 is 0 Å². The van der Waals surface area contributed by atoms with Gasteiger partial charge in [-0.1, -0.05) is 36.4 Å². The summed E-state index contributed by atoms with van der Waals surface area (Å²) in [6.45, 7) is 2.71. The summed E-state index contributed by atoms with van der Waals surface area (Å²) in [5.41, 5.74) is 9.59. The first kappa shape index (κ1) is 15.3. The van der Waals surface area contributed by atoms with Crippen molar-refractivity contribution in [2.75, 3.05) is 0 Å². The van der Waals surface area contributed by atoms with E-state index in [-0.39, 0.29) is 11.6 Å². The molecule has 1 aromatic heterocycles. The second-order valence-corrected chi connectivity index (χ2v) is 6.39. The quantitative estimate of drug-likeness (QED) is 0.390. The number of amidine groups is 1. The molecule has 0 spiro atoms. The second kappa shape index (κ2) is 5.67. The third-order valence-corrected chi connectivity index (χ3v) is 4.68. The molecule has 0 fully saturated rings. The van der Waals surface area contributed by atoms with Gasteiger partial charge in [0.1, 0.15) is 11.6 Å². The van der Waals surface area contributed by atoms with Crippen molar-refractivity contribution < 1.29 is 5.11 Å². The summed E-state index contributed by atoms with van der Waals surface area (Å²) >= 11 is 0. The SMILES string of the molecule is Cc1cc2ccc(C(=N)N)cc2n1Cc1cc(O)cc2ccccc12. The van der Waals surface area contributed by atoms with Crippen LogP contribution in [0.1, 0.15) is 16.8 Å². The van der Waals surface area contributed by atoms with Crippen LogP contribution in [0.25, 0.3) is 21.7 Å². The Morgan fingerprint density at radius 2 is 1.84 bits per heavy atom. The minimum atomic E-state index is 0.0649. The first-order valence-corrected chi connectivity index (χ1v) is 8.18. The lowest BCUT2D eigenvalue weighted by Gasteiger charge is -2.12. The molecule has 0 radical (unpaired) electrons. The smallest absolute Gasteiger partial charge is 0.122 e. The number of nitrogens with two attached hydrogens (primary N) is 1. The van der Waals surface area contributed by atoms with E-state index in [0.29, 0.717) is 12.1 Å². The van der Waals surface area contributed by atoms with Crippen LogP contribution in [0.15, 0.2) is 60.7 Å². The maximum atomic E-state index is 10.1. The number of aryl methyl sites for hydroxylation is 1. The van der Waals surface area contributed by atoms with Gasteiger partial charge >= 0.3 is 0 Å². The Bertz CT molecular complexity index is 1120. The van der Waals surface area contributed by atoms with E-state index in [9.17, 15) is 5.11 Å². The molecular formula is C21H19N3O. The predicted octanol–water partition coefficient (Wildman–Crippen LogP) is 4.14. The highest BCUT2D eigenvalue weighted by molar-refractivity contribution is 5.98. The van der Waals surface area contributed by atoms with Crippen molar-refractivity contribution >= 4 is 27.5 Å². The van der Waals surface area contributed by atoms with Gasteiger partial charge in [-0.05, 0) is 52.9 Å². The van der Waals surface area contributed by atoms with E-state index in [1.807, 2.05) is 42.5 Å². The third kappa shape index (κ3) is 2.62. The molecule has 4 aromatic rings. The van der Waals surface area contributed by atoms with Crippen molar-refractivity contribution in [3.8, 4) is 5.75 Å². The van der Waals surface area contributed by atoms with E-state index in [4.69, 9.17) is 11.1 Å². The number of nitrogen functional groups attached to an aromatic ring is 1. The summed E-state index contributed by atoms with van der Waals surface area (Å²) in [4.78, 5) is 0. The summed E-state index contributed by atoms with van der Waals surface area (Å²) < 4.78 is 2.20. The van der Waals surface area contributed by atoms with Crippen LogP contribution in [-0.2, 0) is 6.54 Å². The van der Waals surface area contributed by atoms with Gasteiger partial charge in [0.05, 0.1) is 0 Å². The zero-order chi connectivity index (χ0) is 17.6. The highest BCUT2D eigenvalue weighted by atomic mass is 16.3. The standard InChI is InChI=1S/C21H19N3O/c1-13-8-15-6-7-16(21(22)23)11-20(15)24(13)12-17-10-18(25)9-14-4-2-3-5-19(14)17/h2-11,25H,12H2,1H3,(H3,22,23). The first-order valence-electron chi connectivity index (χ1n) is 8.18. The molecule has 0 aliphatic rings. The van der Waals surface area contributed by atoms with Gasteiger partial charge in [0.2, 0.25) is 0 Å². The molecule has 25 heavy (non-hydrogen) atoms. The molecule has 4 rings (SSSR count). The van der Waals surface area contributed by atoms with Crippen LogP contribution < -0.4 is 5.73 Å². The van der Waals surface area contributed by atoms with Crippen LogP contribution in [0.3, 0.4) is 0 Å². The topological polar surface area (TPSA) is 75.0 Å².